The lowest BCUT2D eigenvalue weighted by Gasteiger charge is -2.31. The Bertz CT molecular complexity index is 1190. The normalized spacial score (nSPS) is 15.2. The molecule has 0 saturated carbocycles. The van der Waals surface area contributed by atoms with Crippen molar-refractivity contribution in [2.45, 2.75) is 26.2 Å². The van der Waals surface area contributed by atoms with Gasteiger partial charge in [-0.2, -0.15) is 0 Å². The Labute approximate surface area is 180 Å². The number of thiazole rings is 1. The van der Waals surface area contributed by atoms with E-state index in [9.17, 15) is 4.79 Å². The number of hydrogen-bond acceptors (Lipinski definition) is 4. The molecule has 154 valence electrons. The van der Waals surface area contributed by atoms with E-state index in [1.807, 2.05) is 6.07 Å². The Morgan fingerprint density at radius 1 is 1.23 bits per heavy atom. The van der Waals surface area contributed by atoms with Crippen molar-refractivity contribution in [2.24, 2.45) is 5.92 Å². The number of para-hydroxylation sites is 1. The number of rotatable bonds is 5. The van der Waals surface area contributed by atoms with Crippen molar-refractivity contribution in [3.8, 4) is 0 Å². The molecule has 0 unspecified atom stereocenters. The van der Waals surface area contributed by atoms with Crippen LogP contribution in [0.5, 0.6) is 0 Å². The third kappa shape index (κ3) is 3.79. The molecule has 1 aliphatic rings. The standard InChI is InChI=1S/C24H26N4OS/c1-16-6-7-21-22(14-16)30-24(27-21)28-12-9-17(10-13-28)23(29)25-11-8-18-15-26-20-5-3-2-4-19(18)20/h2-7,14-15,17,26H,8-13H2,1H3,(H,25,29). The molecule has 2 N–H and O–H groups in total. The summed E-state index contributed by atoms with van der Waals surface area (Å²) >= 11 is 1.75. The van der Waals surface area contributed by atoms with Gasteiger partial charge < -0.3 is 15.2 Å². The minimum Gasteiger partial charge on any atom is -0.361 e. The summed E-state index contributed by atoms with van der Waals surface area (Å²) in [4.78, 5) is 23.1. The summed E-state index contributed by atoms with van der Waals surface area (Å²) in [5.74, 6) is 0.287. The molecule has 4 aromatic rings. The number of fused-ring (bicyclic) bond motifs is 2. The summed E-state index contributed by atoms with van der Waals surface area (Å²) in [5, 5.41) is 5.47. The van der Waals surface area contributed by atoms with E-state index in [1.165, 1.54) is 21.2 Å². The van der Waals surface area contributed by atoms with Crippen LogP contribution in [0.3, 0.4) is 0 Å². The van der Waals surface area contributed by atoms with Gasteiger partial charge in [0.05, 0.1) is 10.2 Å². The molecule has 5 rings (SSSR count). The van der Waals surface area contributed by atoms with Crippen LogP contribution in [0.4, 0.5) is 5.13 Å². The average Bonchev–Trinajstić information content (AvgIpc) is 3.38. The number of aromatic amines is 1. The Hall–Kier alpha value is -2.86. The largest absolute Gasteiger partial charge is 0.361 e. The molecule has 3 heterocycles. The molecule has 0 spiro atoms. The van der Waals surface area contributed by atoms with Crippen molar-refractivity contribution in [3.05, 3.63) is 59.8 Å². The van der Waals surface area contributed by atoms with Crippen LogP contribution in [0.2, 0.25) is 0 Å². The molecular weight excluding hydrogens is 392 g/mol. The highest BCUT2D eigenvalue weighted by Crippen LogP contribution is 2.32. The van der Waals surface area contributed by atoms with Gasteiger partial charge in [0.2, 0.25) is 5.91 Å². The molecule has 1 amide bonds. The predicted molar refractivity (Wildman–Crippen MR) is 124 cm³/mol. The van der Waals surface area contributed by atoms with Crippen molar-refractivity contribution in [1.29, 1.82) is 0 Å². The summed E-state index contributed by atoms with van der Waals surface area (Å²) in [6, 6.07) is 14.7. The van der Waals surface area contributed by atoms with E-state index < -0.39 is 0 Å². The Kier molecular flexibility index (Phi) is 5.17. The van der Waals surface area contributed by atoms with E-state index in [2.05, 4.69) is 64.7 Å². The maximum Gasteiger partial charge on any atom is 0.223 e. The van der Waals surface area contributed by atoms with Crippen molar-refractivity contribution in [2.75, 3.05) is 24.5 Å². The molecule has 1 fully saturated rings. The van der Waals surface area contributed by atoms with Crippen molar-refractivity contribution in [1.82, 2.24) is 15.3 Å². The van der Waals surface area contributed by atoms with Crippen LogP contribution in [0.15, 0.2) is 48.7 Å². The number of piperidine rings is 1. The highest BCUT2D eigenvalue weighted by atomic mass is 32.1. The molecule has 0 bridgehead atoms. The van der Waals surface area contributed by atoms with Crippen molar-refractivity contribution >= 4 is 43.5 Å². The number of aryl methyl sites for hydroxylation is 1. The van der Waals surface area contributed by atoms with Gasteiger partial charge in [-0.1, -0.05) is 35.6 Å². The summed E-state index contributed by atoms with van der Waals surface area (Å²) in [7, 11) is 0. The molecule has 2 aromatic carbocycles. The lowest BCUT2D eigenvalue weighted by molar-refractivity contribution is -0.125. The lowest BCUT2D eigenvalue weighted by Crippen LogP contribution is -2.41. The first kappa shape index (κ1) is 19.1. The number of nitrogens with zero attached hydrogens (tertiary/aromatic N) is 2. The van der Waals surface area contributed by atoms with Crippen molar-refractivity contribution < 1.29 is 4.79 Å². The van der Waals surface area contributed by atoms with Crippen LogP contribution >= 0.6 is 11.3 Å². The van der Waals surface area contributed by atoms with E-state index >= 15 is 0 Å². The van der Waals surface area contributed by atoms with E-state index in [1.54, 1.807) is 11.3 Å². The monoisotopic (exact) mass is 418 g/mol. The smallest absolute Gasteiger partial charge is 0.223 e. The number of H-pyrrole nitrogens is 1. The van der Waals surface area contributed by atoms with Crippen LogP contribution in [-0.4, -0.2) is 35.5 Å². The number of carbonyl (C=O) groups is 1. The number of benzene rings is 2. The summed E-state index contributed by atoms with van der Waals surface area (Å²) < 4.78 is 1.24. The third-order valence-corrected chi connectivity index (χ3v) is 7.12. The molecular formula is C24H26N4OS. The van der Waals surface area contributed by atoms with Crippen molar-refractivity contribution in [3.63, 3.8) is 0 Å². The topological polar surface area (TPSA) is 61.0 Å². The van der Waals surface area contributed by atoms with Gasteiger partial charge in [0.1, 0.15) is 0 Å². The van der Waals surface area contributed by atoms with Gasteiger partial charge in [0.15, 0.2) is 5.13 Å². The number of anilines is 1. The summed E-state index contributed by atoms with van der Waals surface area (Å²) in [6.45, 7) is 4.57. The predicted octanol–water partition coefficient (Wildman–Crippen LogP) is 4.66. The summed E-state index contributed by atoms with van der Waals surface area (Å²) in [5.41, 5.74) is 4.74. The second-order valence-electron chi connectivity index (χ2n) is 8.13. The fraction of sp³-hybridized carbons (Fsp3) is 0.333. The molecule has 1 saturated heterocycles. The molecule has 5 nitrogen and oxygen atoms in total. The second-order valence-corrected chi connectivity index (χ2v) is 9.14. The molecule has 0 atom stereocenters. The SMILES string of the molecule is Cc1ccc2nc(N3CCC(C(=O)NCCc4c[nH]c5ccccc45)CC3)sc2c1. The van der Waals surface area contributed by atoms with Crippen LogP contribution in [0.1, 0.15) is 24.0 Å². The average molecular weight is 419 g/mol. The lowest BCUT2D eigenvalue weighted by atomic mass is 9.96. The van der Waals surface area contributed by atoms with Gasteiger partial charge in [-0.3, -0.25) is 4.79 Å². The molecule has 6 heteroatoms. The van der Waals surface area contributed by atoms with Gasteiger partial charge in [-0.05, 0) is 55.5 Å². The highest BCUT2D eigenvalue weighted by Gasteiger charge is 2.26. The van der Waals surface area contributed by atoms with Crippen LogP contribution < -0.4 is 10.2 Å². The van der Waals surface area contributed by atoms with Gasteiger partial charge in [-0.25, -0.2) is 4.98 Å². The minimum atomic E-state index is 0.0980. The van der Waals surface area contributed by atoms with Gasteiger partial charge in [0, 0.05) is 42.7 Å². The first-order valence-electron chi connectivity index (χ1n) is 10.6. The molecule has 0 radical (unpaired) electrons. The third-order valence-electron chi connectivity index (χ3n) is 6.04. The molecule has 2 aromatic heterocycles. The quantitative estimate of drug-likeness (QED) is 0.495. The fourth-order valence-corrected chi connectivity index (χ4v) is 5.41. The zero-order valence-corrected chi connectivity index (χ0v) is 18.0. The van der Waals surface area contributed by atoms with Gasteiger partial charge in [0.25, 0.3) is 0 Å². The number of amides is 1. The van der Waals surface area contributed by atoms with Gasteiger partial charge >= 0.3 is 0 Å². The molecule has 0 aliphatic carbocycles. The first-order valence-corrected chi connectivity index (χ1v) is 11.4. The number of hydrogen-bond donors (Lipinski definition) is 2. The van der Waals surface area contributed by atoms with Crippen LogP contribution in [0.25, 0.3) is 21.1 Å². The Balaban J connectivity index is 1.13. The summed E-state index contributed by atoms with van der Waals surface area (Å²) in [6.07, 6.45) is 4.66. The first-order chi connectivity index (χ1) is 14.7. The fourth-order valence-electron chi connectivity index (χ4n) is 4.29. The zero-order valence-electron chi connectivity index (χ0n) is 17.1. The molecule has 1 aliphatic heterocycles. The maximum atomic E-state index is 12.7. The van der Waals surface area contributed by atoms with E-state index in [-0.39, 0.29) is 11.8 Å². The highest BCUT2D eigenvalue weighted by molar-refractivity contribution is 7.22. The van der Waals surface area contributed by atoms with Crippen LogP contribution in [-0.2, 0) is 11.2 Å². The molecule has 30 heavy (non-hydrogen) atoms. The van der Waals surface area contributed by atoms with E-state index in [0.717, 1.165) is 48.5 Å². The maximum absolute atomic E-state index is 12.7. The Morgan fingerprint density at radius 2 is 2.07 bits per heavy atom. The van der Waals surface area contributed by atoms with Crippen LogP contribution in [0, 0.1) is 12.8 Å². The van der Waals surface area contributed by atoms with E-state index in [0.29, 0.717) is 6.54 Å². The number of nitrogens with one attached hydrogen (secondary N) is 2. The number of aromatic nitrogens is 2. The van der Waals surface area contributed by atoms with Gasteiger partial charge in [-0.15, -0.1) is 0 Å². The minimum absolute atomic E-state index is 0.0980. The zero-order chi connectivity index (χ0) is 20.5. The van der Waals surface area contributed by atoms with E-state index in [4.69, 9.17) is 4.98 Å². The Morgan fingerprint density at radius 3 is 2.93 bits per heavy atom. The number of carbonyl (C=O) groups excluding carboxylic acids is 1. The second kappa shape index (κ2) is 8.11.